The van der Waals surface area contributed by atoms with Crippen LogP contribution in [0.5, 0.6) is 5.75 Å². The van der Waals surface area contributed by atoms with Crippen molar-refractivity contribution in [2.24, 2.45) is 0 Å². The van der Waals surface area contributed by atoms with Gasteiger partial charge in [-0.3, -0.25) is 9.59 Å². The molecule has 0 unspecified atom stereocenters. The molecule has 0 aliphatic carbocycles. The molecule has 20 heavy (non-hydrogen) atoms. The summed E-state index contributed by atoms with van der Waals surface area (Å²) in [7, 11) is 0. The van der Waals surface area contributed by atoms with E-state index in [0.717, 1.165) is 6.07 Å². The first-order valence-electron chi connectivity index (χ1n) is 5.65. The number of carbonyl (C=O) groups is 2. The maximum Gasteiger partial charge on any atom is 0.387 e. The van der Waals surface area contributed by atoms with Crippen molar-refractivity contribution in [1.29, 1.82) is 5.26 Å². The molecule has 0 aromatic heterocycles. The van der Waals surface area contributed by atoms with Crippen molar-refractivity contribution in [1.82, 2.24) is 0 Å². The van der Waals surface area contributed by atoms with E-state index in [1.165, 1.54) is 6.07 Å². The van der Waals surface area contributed by atoms with Crippen LogP contribution in [0.2, 0.25) is 0 Å². The largest absolute Gasteiger partial charge is 0.466 e. The topological polar surface area (TPSA) is 76.4 Å². The second-order valence-electron chi connectivity index (χ2n) is 3.59. The first kappa shape index (κ1) is 15.6. The molecule has 0 N–H and O–H groups in total. The van der Waals surface area contributed by atoms with Crippen molar-refractivity contribution >= 4 is 12.3 Å². The lowest BCUT2D eigenvalue weighted by Crippen LogP contribution is -2.13. The number of esters is 1. The highest BCUT2D eigenvalue weighted by molar-refractivity contribution is 5.86. The van der Waals surface area contributed by atoms with Crippen molar-refractivity contribution in [3.63, 3.8) is 0 Å². The summed E-state index contributed by atoms with van der Waals surface area (Å²) in [6.07, 6.45) is -0.106. The first-order valence-corrected chi connectivity index (χ1v) is 5.65. The quantitative estimate of drug-likeness (QED) is 0.590. The van der Waals surface area contributed by atoms with Crippen molar-refractivity contribution in [3.8, 4) is 11.8 Å². The number of aldehydes is 1. The molecule has 0 saturated carbocycles. The van der Waals surface area contributed by atoms with E-state index in [9.17, 15) is 18.4 Å². The average Bonchev–Trinajstić information content (AvgIpc) is 2.40. The summed E-state index contributed by atoms with van der Waals surface area (Å²) in [5.41, 5.74) is -0.266. The van der Waals surface area contributed by atoms with Gasteiger partial charge in [0, 0.05) is 11.1 Å². The van der Waals surface area contributed by atoms with Gasteiger partial charge in [0.05, 0.1) is 24.7 Å². The van der Waals surface area contributed by atoms with E-state index < -0.39 is 19.0 Å². The molecule has 0 heterocycles. The Labute approximate surface area is 113 Å². The molecule has 106 valence electrons. The zero-order valence-corrected chi connectivity index (χ0v) is 10.6. The number of hydrogen-bond donors (Lipinski definition) is 0. The van der Waals surface area contributed by atoms with Crippen molar-refractivity contribution < 1.29 is 27.8 Å². The fourth-order valence-corrected chi connectivity index (χ4v) is 1.62. The van der Waals surface area contributed by atoms with Crippen molar-refractivity contribution in [3.05, 3.63) is 28.8 Å². The molecule has 1 aromatic carbocycles. The molecule has 0 amide bonds. The van der Waals surface area contributed by atoms with Gasteiger partial charge in [-0.05, 0) is 19.1 Å². The molecule has 7 heteroatoms. The standard InChI is InChI=1S/C13H11F2NO4/c1-2-19-12(18)5-9-10(7-17)8(6-16)3-4-11(9)20-13(14)15/h3-4,7,13H,2,5H2,1H3. The highest BCUT2D eigenvalue weighted by Gasteiger charge is 2.19. The molecule has 0 fully saturated rings. The average molecular weight is 283 g/mol. The summed E-state index contributed by atoms with van der Waals surface area (Å²) < 4.78 is 33.6. The highest BCUT2D eigenvalue weighted by Crippen LogP contribution is 2.27. The summed E-state index contributed by atoms with van der Waals surface area (Å²) in [5.74, 6) is -1.03. The zero-order chi connectivity index (χ0) is 15.1. The molecule has 0 aliphatic rings. The molecular formula is C13H11F2NO4. The van der Waals surface area contributed by atoms with Gasteiger partial charge in [-0.15, -0.1) is 0 Å². The molecule has 0 saturated heterocycles. The predicted octanol–water partition coefficient (Wildman–Crippen LogP) is 2.08. The van der Waals surface area contributed by atoms with E-state index in [1.54, 1.807) is 13.0 Å². The van der Waals surface area contributed by atoms with Crippen LogP contribution in [0.15, 0.2) is 12.1 Å². The fraction of sp³-hybridized carbons (Fsp3) is 0.308. The van der Waals surface area contributed by atoms with Gasteiger partial charge < -0.3 is 9.47 Å². The number of hydrogen-bond acceptors (Lipinski definition) is 5. The Morgan fingerprint density at radius 1 is 1.50 bits per heavy atom. The maximum absolute atomic E-state index is 12.3. The Bertz CT molecular complexity index is 552. The lowest BCUT2D eigenvalue weighted by atomic mass is 9.99. The minimum Gasteiger partial charge on any atom is -0.466 e. The Balaban J connectivity index is 3.28. The normalized spacial score (nSPS) is 9.95. The second-order valence-corrected chi connectivity index (χ2v) is 3.59. The van der Waals surface area contributed by atoms with E-state index >= 15 is 0 Å². The van der Waals surface area contributed by atoms with E-state index in [4.69, 9.17) is 10.00 Å². The smallest absolute Gasteiger partial charge is 0.387 e. The highest BCUT2D eigenvalue weighted by atomic mass is 19.3. The molecule has 0 radical (unpaired) electrons. The number of alkyl halides is 2. The fourth-order valence-electron chi connectivity index (χ4n) is 1.62. The van der Waals surface area contributed by atoms with Crippen LogP contribution in [0.4, 0.5) is 8.78 Å². The maximum atomic E-state index is 12.3. The van der Waals surface area contributed by atoms with Crippen molar-refractivity contribution in [2.45, 2.75) is 20.0 Å². The molecule has 1 rings (SSSR count). The van der Waals surface area contributed by atoms with Gasteiger partial charge in [-0.25, -0.2) is 0 Å². The summed E-state index contributed by atoms with van der Waals surface area (Å²) in [6, 6.07) is 4.04. The Hall–Kier alpha value is -2.49. The molecule has 0 bridgehead atoms. The van der Waals surface area contributed by atoms with Crippen molar-refractivity contribution in [2.75, 3.05) is 6.61 Å². The van der Waals surface area contributed by atoms with Crippen LogP contribution in [-0.2, 0) is 16.0 Å². The van der Waals surface area contributed by atoms with Gasteiger partial charge >= 0.3 is 12.6 Å². The Morgan fingerprint density at radius 3 is 2.70 bits per heavy atom. The number of nitriles is 1. The molecule has 0 atom stereocenters. The van der Waals surface area contributed by atoms with Gasteiger partial charge in [0.15, 0.2) is 6.29 Å². The van der Waals surface area contributed by atoms with Crippen LogP contribution in [0.1, 0.15) is 28.4 Å². The van der Waals surface area contributed by atoms with Crippen LogP contribution in [0, 0.1) is 11.3 Å². The third-order valence-electron chi connectivity index (χ3n) is 2.39. The van der Waals surface area contributed by atoms with E-state index in [2.05, 4.69) is 4.74 Å². The first-order chi connectivity index (χ1) is 9.53. The number of rotatable bonds is 6. The monoisotopic (exact) mass is 283 g/mol. The number of halogens is 2. The molecule has 0 aliphatic heterocycles. The lowest BCUT2D eigenvalue weighted by Gasteiger charge is -2.13. The minimum atomic E-state index is -3.11. The van der Waals surface area contributed by atoms with Crippen LogP contribution in [0.3, 0.4) is 0 Å². The molecule has 5 nitrogen and oxygen atoms in total. The third-order valence-corrected chi connectivity index (χ3v) is 2.39. The van der Waals surface area contributed by atoms with E-state index in [1.807, 2.05) is 0 Å². The summed E-state index contributed by atoms with van der Waals surface area (Å²) in [6.45, 7) is -1.41. The SMILES string of the molecule is CCOC(=O)Cc1c(OC(F)F)ccc(C#N)c1C=O. The van der Waals surface area contributed by atoms with Gasteiger partial charge in [0.1, 0.15) is 5.75 Å². The van der Waals surface area contributed by atoms with Gasteiger partial charge in [-0.1, -0.05) is 0 Å². The Kier molecular flexibility index (Phi) is 5.59. The third kappa shape index (κ3) is 3.75. The summed E-state index contributed by atoms with van der Waals surface area (Å²) in [4.78, 5) is 22.5. The predicted molar refractivity (Wildman–Crippen MR) is 63.5 cm³/mol. The zero-order valence-electron chi connectivity index (χ0n) is 10.6. The van der Waals surface area contributed by atoms with E-state index in [0.29, 0.717) is 6.29 Å². The lowest BCUT2D eigenvalue weighted by molar-refractivity contribution is -0.142. The molecule has 0 spiro atoms. The minimum absolute atomic E-state index is 0.0269. The van der Waals surface area contributed by atoms with Crippen LogP contribution in [0.25, 0.3) is 0 Å². The summed E-state index contributed by atoms with van der Waals surface area (Å²) >= 11 is 0. The molecular weight excluding hydrogens is 272 g/mol. The van der Waals surface area contributed by atoms with Gasteiger partial charge in [0.2, 0.25) is 0 Å². The van der Waals surface area contributed by atoms with Crippen LogP contribution < -0.4 is 4.74 Å². The summed E-state index contributed by atoms with van der Waals surface area (Å²) in [5, 5.41) is 8.87. The van der Waals surface area contributed by atoms with E-state index in [-0.39, 0.29) is 29.0 Å². The van der Waals surface area contributed by atoms with Gasteiger partial charge in [0.25, 0.3) is 0 Å². The van der Waals surface area contributed by atoms with Crippen LogP contribution >= 0.6 is 0 Å². The van der Waals surface area contributed by atoms with Crippen LogP contribution in [-0.4, -0.2) is 25.5 Å². The second kappa shape index (κ2) is 7.19. The molecule has 1 aromatic rings. The Morgan fingerprint density at radius 2 is 2.20 bits per heavy atom. The number of nitrogens with zero attached hydrogens (tertiary/aromatic N) is 1. The van der Waals surface area contributed by atoms with Gasteiger partial charge in [-0.2, -0.15) is 14.0 Å². The number of benzene rings is 1. The number of ether oxygens (including phenoxy) is 2. The number of carbonyl (C=O) groups excluding carboxylic acids is 2.